The third-order valence-electron chi connectivity index (χ3n) is 6.38. The van der Waals surface area contributed by atoms with Gasteiger partial charge in [0.2, 0.25) is 11.9 Å². The third-order valence-corrected chi connectivity index (χ3v) is 6.38. The molecule has 0 unspecified atom stereocenters. The van der Waals surface area contributed by atoms with E-state index in [0.717, 1.165) is 38.1 Å². The topological polar surface area (TPSA) is 100 Å². The van der Waals surface area contributed by atoms with Crippen molar-refractivity contribution >= 4 is 40.0 Å². The van der Waals surface area contributed by atoms with Crippen LogP contribution in [0.1, 0.15) is 0 Å². The van der Waals surface area contributed by atoms with Crippen molar-refractivity contribution in [2.24, 2.45) is 0 Å². The molecule has 0 saturated carbocycles. The Morgan fingerprint density at radius 1 is 1.13 bits per heavy atom. The van der Waals surface area contributed by atoms with Gasteiger partial charge in [0, 0.05) is 57.4 Å². The van der Waals surface area contributed by atoms with Crippen molar-refractivity contribution < 1.29 is 13.9 Å². The van der Waals surface area contributed by atoms with Crippen molar-refractivity contribution in [2.75, 3.05) is 62.0 Å². The maximum Gasteiger partial charge on any atom is 0.247 e. The lowest BCUT2D eigenvalue weighted by molar-refractivity contribution is -0.111. The molecular formula is C27H29FN8O2. The summed E-state index contributed by atoms with van der Waals surface area (Å²) in [5.41, 5.74) is 3.02. The molecular weight excluding hydrogens is 487 g/mol. The number of methoxy groups -OCH3 is 1. The van der Waals surface area contributed by atoms with E-state index < -0.39 is 0 Å². The molecule has 38 heavy (non-hydrogen) atoms. The van der Waals surface area contributed by atoms with Gasteiger partial charge < -0.3 is 20.3 Å². The van der Waals surface area contributed by atoms with Crippen LogP contribution < -0.4 is 15.5 Å². The van der Waals surface area contributed by atoms with E-state index in [1.54, 1.807) is 42.4 Å². The molecule has 2 aromatic carbocycles. The Labute approximate surface area is 219 Å². The number of hydrogen-bond donors (Lipinski definition) is 2. The van der Waals surface area contributed by atoms with E-state index in [-0.39, 0.29) is 11.7 Å². The molecule has 0 spiro atoms. The van der Waals surface area contributed by atoms with Crippen molar-refractivity contribution in [3.05, 3.63) is 73.3 Å². The van der Waals surface area contributed by atoms with Crippen LogP contribution in [-0.2, 0) is 9.53 Å². The largest absolute Gasteiger partial charge is 0.383 e. The average Bonchev–Trinajstić information content (AvgIpc) is 3.36. The average molecular weight is 517 g/mol. The first kappa shape index (κ1) is 25.3. The molecule has 4 aromatic rings. The van der Waals surface area contributed by atoms with Crippen molar-refractivity contribution in [1.29, 1.82) is 0 Å². The number of amides is 1. The van der Waals surface area contributed by atoms with Crippen molar-refractivity contribution in [3.8, 4) is 5.69 Å². The number of carbonyl (C=O) groups is 1. The van der Waals surface area contributed by atoms with Crippen LogP contribution in [0, 0.1) is 5.82 Å². The van der Waals surface area contributed by atoms with Gasteiger partial charge in [-0.15, -0.1) is 0 Å². The highest BCUT2D eigenvalue weighted by atomic mass is 19.1. The molecule has 0 bridgehead atoms. The van der Waals surface area contributed by atoms with Gasteiger partial charge in [0.25, 0.3) is 0 Å². The van der Waals surface area contributed by atoms with Crippen LogP contribution in [0.2, 0.25) is 0 Å². The summed E-state index contributed by atoms with van der Waals surface area (Å²) in [6.07, 6.45) is 4.53. The quantitative estimate of drug-likeness (QED) is 0.326. The highest BCUT2D eigenvalue weighted by molar-refractivity contribution is 5.99. The Hall–Kier alpha value is -4.35. The molecule has 1 aliphatic rings. The highest BCUT2D eigenvalue weighted by Crippen LogP contribution is 2.26. The lowest BCUT2D eigenvalue weighted by Gasteiger charge is -2.36. The molecule has 2 N–H and O–H groups in total. The fraction of sp³-hybridized carbons (Fsp3) is 0.259. The van der Waals surface area contributed by atoms with E-state index in [1.165, 1.54) is 12.1 Å². The summed E-state index contributed by atoms with van der Waals surface area (Å²) in [6, 6.07) is 12.3. The summed E-state index contributed by atoms with van der Waals surface area (Å²) in [4.78, 5) is 25.0. The van der Waals surface area contributed by atoms with Gasteiger partial charge in [-0.25, -0.2) is 14.1 Å². The molecule has 1 aliphatic heterocycles. The molecule has 3 heterocycles. The third kappa shape index (κ3) is 5.63. The number of halogens is 1. The van der Waals surface area contributed by atoms with Gasteiger partial charge in [-0.1, -0.05) is 12.6 Å². The van der Waals surface area contributed by atoms with Crippen LogP contribution >= 0.6 is 0 Å². The van der Waals surface area contributed by atoms with Crippen molar-refractivity contribution in [2.45, 2.75) is 0 Å². The van der Waals surface area contributed by atoms with E-state index in [4.69, 9.17) is 4.74 Å². The Morgan fingerprint density at radius 2 is 1.97 bits per heavy atom. The predicted octanol–water partition coefficient (Wildman–Crippen LogP) is 3.59. The predicted molar refractivity (Wildman–Crippen MR) is 146 cm³/mol. The Bertz CT molecular complexity index is 1450. The fourth-order valence-electron chi connectivity index (χ4n) is 4.38. The molecule has 10 nitrogen and oxygen atoms in total. The summed E-state index contributed by atoms with van der Waals surface area (Å²) in [5.74, 6) is -0.289. The van der Waals surface area contributed by atoms with Crippen LogP contribution in [0.5, 0.6) is 0 Å². The normalized spacial score (nSPS) is 14.0. The monoisotopic (exact) mass is 516 g/mol. The molecule has 11 heteroatoms. The van der Waals surface area contributed by atoms with E-state index in [1.807, 2.05) is 18.2 Å². The smallest absolute Gasteiger partial charge is 0.247 e. The molecule has 0 atom stereocenters. The first-order valence-electron chi connectivity index (χ1n) is 12.3. The molecule has 0 aliphatic carbocycles. The second kappa shape index (κ2) is 11.4. The number of nitrogens with zero attached hydrogens (tertiary/aromatic N) is 6. The minimum atomic E-state index is -0.302. The number of aromatic nitrogens is 4. The van der Waals surface area contributed by atoms with Crippen molar-refractivity contribution in [1.82, 2.24) is 24.6 Å². The van der Waals surface area contributed by atoms with Crippen LogP contribution in [0.4, 0.5) is 27.4 Å². The van der Waals surface area contributed by atoms with Crippen molar-refractivity contribution in [3.63, 3.8) is 0 Å². The van der Waals surface area contributed by atoms with E-state index in [2.05, 4.69) is 42.1 Å². The maximum atomic E-state index is 15.1. The molecule has 5 rings (SSSR count). The summed E-state index contributed by atoms with van der Waals surface area (Å²) >= 11 is 0. The van der Waals surface area contributed by atoms with Crippen LogP contribution in [0.15, 0.2) is 67.5 Å². The van der Waals surface area contributed by atoms with Gasteiger partial charge in [0.05, 0.1) is 29.6 Å². The Kier molecular flexibility index (Phi) is 7.57. The van der Waals surface area contributed by atoms with Gasteiger partial charge in [-0.3, -0.25) is 9.69 Å². The molecule has 196 valence electrons. The second-order valence-corrected chi connectivity index (χ2v) is 8.89. The Balaban J connectivity index is 1.31. The molecule has 1 amide bonds. The number of benzene rings is 2. The number of piperazine rings is 1. The number of nitrogens with one attached hydrogen (secondary N) is 2. The van der Waals surface area contributed by atoms with Gasteiger partial charge >= 0.3 is 0 Å². The Morgan fingerprint density at radius 3 is 2.74 bits per heavy atom. The number of rotatable bonds is 9. The zero-order valence-electron chi connectivity index (χ0n) is 21.1. The summed E-state index contributed by atoms with van der Waals surface area (Å²) in [6.45, 7) is 8.31. The van der Waals surface area contributed by atoms with Gasteiger partial charge in [-0.05, 0) is 42.5 Å². The number of ether oxygens (including phenoxy) is 1. The SMILES string of the molecule is C=CC(=O)Nc1cccc(-n2ncc3cnc(Nc4ccc(N5CCN(CCOC)CC5)c(F)c4)nc32)c1. The van der Waals surface area contributed by atoms with Crippen LogP contribution in [0.3, 0.4) is 0 Å². The summed E-state index contributed by atoms with van der Waals surface area (Å²) in [5, 5.41) is 11.0. The minimum Gasteiger partial charge on any atom is -0.383 e. The van der Waals surface area contributed by atoms with Gasteiger partial charge in [-0.2, -0.15) is 10.1 Å². The zero-order valence-corrected chi connectivity index (χ0v) is 21.1. The second-order valence-electron chi connectivity index (χ2n) is 8.89. The minimum absolute atomic E-state index is 0.301. The molecule has 1 fully saturated rings. The zero-order chi connectivity index (χ0) is 26.5. The summed E-state index contributed by atoms with van der Waals surface area (Å²) < 4.78 is 21.9. The number of carbonyl (C=O) groups excluding carboxylic acids is 1. The standard InChI is InChI=1S/C27H29FN8O2/c1-3-25(37)31-20-5-4-6-22(15-20)36-26-19(18-30-36)17-29-27(33-26)32-21-7-8-24(23(28)16-21)35-11-9-34(10-12-35)13-14-38-2/h3-8,15-18H,1,9-14H2,2H3,(H,31,37)(H,29,32,33). The lowest BCUT2D eigenvalue weighted by atomic mass is 10.2. The molecule has 1 saturated heterocycles. The highest BCUT2D eigenvalue weighted by Gasteiger charge is 2.19. The van der Waals surface area contributed by atoms with Crippen LogP contribution in [-0.4, -0.2) is 77.0 Å². The number of hydrogen-bond acceptors (Lipinski definition) is 8. The molecule has 0 radical (unpaired) electrons. The van der Waals surface area contributed by atoms with E-state index in [9.17, 15) is 4.79 Å². The summed E-state index contributed by atoms with van der Waals surface area (Å²) in [7, 11) is 1.70. The van der Waals surface area contributed by atoms with Crippen LogP contribution in [0.25, 0.3) is 16.7 Å². The van der Waals surface area contributed by atoms with Gasteiger partial charge in [0.15, 0.2) is 5.65 Å². The number of anilines is 4. The first-order valence-corrected chi connectivity index (χ1v) is 12.3. The van der Waals surface area contributed by atoms with E-state index in [0.29, 0.717) is 41.0 Å². The first-order chi connectivity index (χ1) is 18.5. The molecule has 2 aromatic heterocycles. The number of fused-ring (bicyclic) bond motifs is 1. The van der Waals surface area contributed by atoms with E-state index >= 15 is 4.39 Å². The maximum absolute atomic E-state index is 15.1. The lowest BCUT2D eigenvalue weighted by Crippen LogP contribution is -2.47. The van der Waals surface area contributed by atoms with Gasteiger partial charge in [0.1, 0.15) is 5.82 Å². The fourth-order valence-corrected chi connectivity index (χ4v) is 4.38.